The number of nitrogens with zero attached hydrogens (tertiary/aromatic N) is 3. The molecule has 1 heterocycles. The SMILES string of the molecule is N#Cc1c(N)[nH]c(=O)c(C#N)c1-c1c(F)cc(F)cc1[N+](=O)[O-]. The van der Waals surface area contributed by atoms with E-state index in [1.54, 1.807) is 6.07 Å². The van der Waals surface area contributed by atoms with Crippen molar-refractivity contribution in [3.05, 3.63) is 55.4 Å². The molecule has 0 unspecified atom stereocenters. The fraction of sp³-hybridized carbons (Fsp3) is 0. The number of aromatic nitrogens is 1. The predicted octanol–water partition coefficient (Wildman–Crippen LogP) is 1.55. The van der Waals surface area contributed by atoms with Crippen LogP contribution in [0.3, 0.4) is 0 Å². The molecule has 2 aromatic rings. The summed E-state index contributed by atoms with van der Waals surface area (Å²) >= 11 is 0. The van der Waals surface area contributed by atoms with Crippen LogP contribution in [0.5, 0.6) is 0 Å². The Balaban J connectivity index is 3.12. The van der Waals surface area contributed by atoms with Gasteiger partial charge in [-0.15, -0.1) is 0 Å². The minimum atomic E-state index is -1.41. The van der Waals surface area contributed by atoms with Gasteiger partial charge in [-0.3, -0.25) is 14.9 Å². The molecule has 0 fully saturated rings. The molecular weight excluding hydrogens is 312 g/mol. The van der Waals surface area contributed by atoms with Gasteiger partial charge in [-0.1, -0.05) is 0 Å². The highest BCUT2D eigenvalue weighted by Gasteiger charge is 2.29. The van der Waals surface area contributed by atoms with Crippen LogP contribution in [-0.4, -0.2) is 9.91 Å². The van der Waals surface area contributed by atoms with Crippen LogP contribution in [0.15, 0.2) is 16.9 Å². The fourth-order valence-corrected chi connectivity index (χ4v) is 2.04. The molecule has 8 nitrogen and oxygen atoms in total. The zero-order valence-electron chi connectivity index (χ0n) is 11.1. The molecule has 0 aliphatic heterocycles. The maximum atomic E-state index is 14.1. The monoisotopic (exact) mass is 317 g/mol. The first-order chi connectivity index (χ1) is 10.8. The van der Waals surface area contributed by atoms with Crippen LogP contribution in [0, 0.1) is 44.4 Å². The Morgan fingerprint density at radius 3 is 2.30 bits per heavy atom. The minimum Gasteiger partial charge on any atom is -0.384 e. The van der Waals surface area contributed by atoms with Crippen LogP contribution in [0.4, 0.5) is 20.3 Å². The molecule has 0 amide bonds. The summed E-state index contributed by atoms with van der Waals surface area (Å²) in [6.07, 6.45) is 0. The zero-order valence-corrected chi connectivity index (χ0v) is 11.1. The van der Waals surface area contributed by atoms with Crippen molar-refractivity contribution in [1.82, 2.24) is 4.98 Å². The number of H-pyrrole nitrogens is 1. The van der Waals surface area contributed by atoms with E-state index in [1.165, 1.54) is 6.07 Å². The van der Waals surface area contributed by atoms with E-state index in [0.717, 1.165) is 0 Å². The van der Waals surface area contributed by atoms with Crippen LogP contribution in [0.25, 0.3) is 11.1 Å². The minimum absolute atomic E-state index is 0.335. The van der Waals surface area contributed by atoms with Crippen molar-refractivity contribution >= 4 is 11.5 Å². The van der Waals surface area contributed by atoms with Crippen molar-refractivity contribution in [3.63, 3.8) is 0 Å². The van der Waals surface area contributed by atoms with Crippen molar-refractivity contribution in [1.29, 1.82) is 10.5 Å². The number of hydrogen-bond donors (Lipinski definition) is 2. The van der Waals surface area contributed by atoms with Gasteiger partial charge in [-0.2, -0.15) is 10.5 Å². The maximum Gasteiger partial charge on any atom is 0.283 e. The number of nitrogens with one attached hydrogen (secondary N) is 1. The highest BCUT2D eigenvalue weighted by Crippen LogP contribution is 2.37. The number of hydrogen-bond acceptors (Lipinski definition) is 6. The van der Waals surface area contributed by atoms with E-state index < -0.39 is 55.9 Å². The summed E-state index contributed by atoms with van der Waals surface area (Å²) in [5.41, 5.74) is 0.557. The zero-order chi connectivity index (χ0) is 17.3. The first-order valence-corrected chi connectivity index (χ1v) is 5.81. The van der Waals surface area contributed by atoms with Gasteiger partial charge < -0.3 is 10.7 Å². The van der Waals surface area contributed by atoms with E-state index in [-0.39, 0.29) is 0 Å². The summed E-state index contributed by atoms with van der Waals surface area (Å²) in [6, 6.07) is 3.73. The third-order valence-corrected chi connectivity index (χ3v) is 2.95. The van der Waals surface area contributed by atoms with Crippen LogP contribution in [-0.2, 0) is 0 Å². The summed E-state index contributed by atoms with van der Waals surface area (Å²) in [6.45, 7) is 0. The van der Waals surface area contributed by atoms with Gasteiger partial charge in [-0.05, 0) is 0 Å². The molecule has 23 heavy (non-hydrogen) atoms. The van der Waals surface area contributed by atoms with Crippen molar-refractivity contribution < 1.29 is 13.7 Å². The van der Waals surface area contributed by atoms with E-state index in [4.69, 9.17) is 16.3 Å². The molecule has 1 aromatic carbocycles. The number of nitrogen functional groups attached to an aromatic ring is 1. The van der Waals surface area contributed by atoms with Crippen molar-refractivity contribution in [3.8, 4) is 23.3 Å². The molecule has 10 heteroatoms. The van der Waals surface area contributed by atoms with E-state index in [2.05, 4.69) is 0 Å². The Morgan fingerprint density at radius 2 is 1.78 bits per heavy atom. The molecule has 0 aliphatic rings. The second kappa shape index (κ2) is 5.54. The van der Waals surface area contributed by atoms with Crippen LogP contribution < -0.4 is 11.3 Å². The summed E-state index contributed by atoms with van der Waals surface area (Å²) in [4.78, 5) is 23.7. The Kier molecular flexibility index (Phi) is 3.75. The molecule has 1 aromatic heterocycles. The second-order valence-corrected chi connectivity index (χ2v) is 4.26. The molecule has 0 aliphatic carbocycles. The van der Waals surface area contributed by atoms with Gasteiger partial charge in [0.1, 0.15) is 40.7 Å². The summed E-state index contributed by atoms with van der Waals surface area (Å²) < 4.78 is 27.4. The fourth-order valence-electron chi connectivity index (χ4n) is 2.04. The van der Waals surface area contributed by atoms with E-state index >= 15 is 0 Å². The molecule has 0 saturated carbocycles. The largest absolute Gasteiger partial charge is 0.384 e. The van der Waals surface area contributed by atoms with Gasteiger partial charge in [0.2, 0.25) is 0 Å². The predicted molar refractivity (Wildman–Crippen MR) is 72.9 cm³/mol. The molecule has 114 valence electrons. The molecule has 0 atom stereocenters. The lowest BCUT2D eigenvalue weighted by molar-refractivity contribution is -0.384. The lowest BCUT2D eigenvalue weighted by atomic mass is 9.94. The van der Waals surface area contributed by atoms with Gasteiger partial charge in [0.25, 0.3) is 11.2 Å². The van der Waals surface area contributed by atoms with Crippen molar-refractivity contribution in [2.75, 3.05) is 5.73 Å². The van der Waals surface area contributed by atoms with Crippen LogP contribution in [0.2, 0.25) is 0 Å². The second-order valence-electron chi connectivity index (χ2n) is 4.26. The van der Waals surface area contributed by atoms with E-state index in [0.29, 0.717) is 12.1 Å². The molecule has 0 saturated heterocycles. The Labute approximate surface area is 126 Å². The van der Waals surface area contributed by atoms with Gasteiger partial charge >= 0.3 is 0 Å². The number of nitriles is 2. The quantitative estimate of drug-likeness (QED) is 0.633. The van der Waals surface area contributed by atoms with E-state index in [9.17, 15) is 23.7 Å². The van der Waals surface area contributed by atoms with Crippen LogP contribution >= 0.6 is 0 Å². The molecule has 0 bridgehead atoms. The highest BCUT2D eigenvalue weighted by molar-refractivity contribution is 5.85. The Bertz CT molecular complexity index is 985. The van der Waals surface area contributed by atoms with Gasteiger partial charge in [0.15, 0.2) is 0 Å². The number of benzene rings is 1. The maximum absolute atomic E-state index is 14.1. The normalized spacial score (nSPS) is 9.91. The molecule has 3 N–H and O–H groups in total. The summed E-state index contributed by atoms with van der Waals surface area (Å²) in [7, 11) is 0. The third-order valence-electron chi connectivity index (χ3n) is 2.95. The number of aromatic amines is 1. The smallest absolute Gasteiger partial charge is 0.283 e. The number of nitro benzene ring substituents is 1. The number of rotatable bonds is 2. The standard InChI is InChI=1S/C13H5F2N5O3/c14-5-1-8(15)11(9(2-5)20(22)23)10-6(3-16)12(18)19-13(21)7(10)4-17/h1-2H,(H3,18,19,21). The summed E-state index contributed by atoms with van der Waals surface area (Å²) in [5.74, 6) is -3.13. The number of nitrogens with two attached hydrogens (primary N) is 1. The number of pyridine rings is 1. The molecular formula is C13H5F2N5O3. The average molecular weight is 317 g/mol. The molecule has 0 radical (unpaired) electrons. The lowest BCUT2D eigenvalue weighted by Gasteiger charge is -2.10. The molecule has 2 rings (SSSR count). The van der Waals surface area contributed by atoms with Crippen molar-refractivity contribution in [2.45, 2.75) is 0 Å². The first kappa shape index (κ1) is 15.6. The Morgan fingerprint density at radius 1 is 1.17 bits per heavy atom. The van der Waals surface area contributed by atoms with Gasteiger partial charge in [0, 0.05) is 11.6 Å². The Hall–Kier alpha value is -3.79. The highest BCUT2D eigenvalue weighted by atomic mass is 19.1. The topological polar surface area (TPSA) is 150 Å². The summed E-state index contributed by atoms with van der Waals surface area (Å²) in [5, 5.41) is 29.2. The average Bonchev–Trinajstić information content (AvgIpc) is 2.46. The molecule has 0 spiro atoms. The van der Waals surface area contributed by atoms with Gasteiger partial charge in [-0.25, -0.2) is 8.78 Å². The first-order valence-electron chi connectivity index (χ1n) is 5.81. The number of anilines is 1. The van der Waals surface area contributed by atoms with Crippen LogP contribution in [0.1, 0.15) is 11.1 Å². The number of nitro groups is 1. The lowest BCUT2D eigenvalue weighted by Crippen LogP contribution is -2.17. The van der Waals surface area contributed by atoms with E-state index in [1.807, 2.05) is 4.98 Å². The number of halogens is 2. The van der Waals surface area contributed by atoms with Crippen molar-refractivity contribution in [2.24, 2.45) is 0 Å². The third kappa shape index (κ3) is 2.45. The van der Waals surface area contributed by atoms with Gasteiger partial charge in [0.05, 0.1) is 16.6 Å².